The molecule has 28 heavy (non-hydrogen) atoms. The number of nitrogens with zero attached hydrogens (tertiary/aromatic N) is 2. The van der Waals surface area contributed by atoms with Gasteiger partial charge in [-0.3, -0.25) is 0 Å². The fourth-order valence-electron chi connectivity index (χ4n) is 4.56. The average Bonchev–Trinajstić information content (AvgIpc) is 3.30. The highest BCUT2D eigenvalue weighted by Crippen LogP contribution is 2.42. The van der Waals surface area contributed by atoms with Crippen molar-refractivity contribution in [3.8, 4) is 0 Å². The maximum absolute atomic E-state index is 2.56. The molecule has 146 valence electrons. The Morgan fingerprint density at radius 2 is 1.04 bits per heavy atom. The monoisotopic (exact) mass is 408 g/mol. The molecule has 5 aromatic rings. The second-order valence-electron chi connectivity index (χ2n) is 9.04. The molecule has 0 aliphatic heterocycles. The minimum Gasteiger partial charge on any atom is -0.339 e. The van der Waals surface area contributed by atoms with Crippen molar-refractivity contribution < 1.29 is 0 Å². The smallest absolute Gasteiger partial charge is 0.0604 e. The molecule has 2 nitrogen and oxygen atoms in total. The van der Waals surface area contributed by atoms with Gasteiger partial charge in [0.1, 0.15) is 0 Å². The molecule has 0 aliphatic rings. The lowest BCUT2D eigenvalue weighted by Crippen LogP contribution is -2.04. The largest absolute Gasteiger partial charge is 0.339 e. The van der Waals surface area contributed by atoms with Crippen LogP contribution in [0.3, 0.4) is 0 Å². The lowest BCUT2D eigenvalue weighted by molar-refractivity contribution is 0.544. The summed E-state index contributed by atoms with van der Waals surface area (Å²) >= 11 is 3.88. The second-order valence-corrected chi connectivity index (χ2v) is 11.6. The fraction of sp³-hybridized carbons (Fsp3) is 0.417. The molecule has 0 unspecified atom stereocenters. The van der Waals surface area contributed by atoms with Gasteiger partial charge < -0.3 is 9.13 Å². The number of thiophene rings is 2. The number of aryl methyl sites for hydroxylation is 2. The normalized spacial score (nSPS) is 12.9. The van der Waals surface area contributed by atoms with E-state index in [1.165, 1.54) is 52.0 Å². The van der Waals surface area contributed by atoms with Gasteiger partial charge in [0.05, 0.1) is 31.5 Å². The van der Waals surface area contributed by atoms with Crippen LogP contribution in [0.5, 0.6) is 0 Å². The molecule has 5 rings (SSSR count). The summed E-state index contributed by atoms with van der Waals surface area (Å²) in [5, 5.41) is 2.85. The Hall–Kier alpha value is -1.78. The first-order valence-electron chi connectivity index (χ1n) is 10.3. The van der Waals surface area contributed by atoms with E-state index in [1.807, 2.05) is 22.7 Å². The fourth-order valence-corrected chi connectivity index (χ4v) is 6.64. The third kappa shape index (κ3) is 2.65. The molecule has 0 aliphatic carbocycles. The van der Waals surface area contributed by atoms with Crippen LogP contribution in [0.4, 0.5) is 0 Å². The molecule has 4 heterocycles. The van der Waals surface area contributed by atoms with Gasteiger partial charge in [0, 0.05) is 33.6 Å². The molecule has 0 spiro atoms. The number of rotatable bonds is 4. The Kier molecular flexibility index (Phi) is 4.15. The molecule has 1 aromatic carbocycles. The van der Waals surface area contributed by atoms with E-state index in [9.17, 15) is 0 Å². The van der Waals surface area contributed by atoms with E-state index in [2.05, 4.69) is 74.9 Å². The maximum Gasteiger partial charge on any atom is 0.0604 e. The van der Waals surface area contributed by atoms with Crippen molar-refractivity contribution in [3.05, 3.63) is 34.0 Å². The van der Waals surface area contributed by atoms with Gasteiger partial charge in [-0.25, -0.2) is 0 Å². The van der Waals surface area contributed by atoms with Crippen molar-refractivity contribution in [2.45, 2.75) is 54.6 Å². The highest BCUT2D eigenvalue weighted by atomic mass is 32.1. The Morgan fingerprint density at radius 3 is 1.39 bits per heavy atom. The highest BCUT2D eigenvalue weighted by Gasteiger charge is 2.20. The SMILES string of the molecule is Cc1cc2c(s1)c1cc3c(cc1n2CC(C)C)c1sc(C)cc1n3CC(C)C. The van der Waals surface area contributed by atoms with Gasteiger partial charge in [0.25, 0.3) is 0 Å². The van der Waals surface area contributed by atoms with Crippen molar-refractivity contribution in [2.75, 3.05) is 0 Å². The summed E-state index contributed by atoms with van der Waals surface area (Å²) in [4.78, 5) is 2.80. The molecular formula is C24H28N2S2. The van der Waals surface area contributed by atoms with Crippen LogP contribution in [-0.4, -0.2) is 9.13 Å². The quantitative estimate of drug-likeness (QED) is 0.285. The van der Waals surface area contributed by atoms with Crippen LogP contribution >= 0.6 is 22.7 Å². The first-order valence-corrected chi connectivity index (χ1v) is 11.9. The maximum atomic E-state index is 2.56. The Bertz CT molecular complexity index is 1230. The second kappa shape index (κ2) is 6.36. The van der Waals surface area contributed by atoms with E-state index in [0.29, 0.717) is 11.8 Å². The summed E-state index contributed by atoms with van der Waals surface area (Å²) in [6.45, 7) is 15.9. The molecular weight excluding hydrogens is 380 g/mol. The summed E-state index contributed by atoms with van der Waals surface area (Å²) in [5.74, 6) is 1.26. The topological polar surface area (TPSA) is 9.86 Å². The highest BCUT2D eigenvalue weighted by molar-refractivity contribution is 7.20. The lowest BCUT2D eigenvalue weighted by Gasteiger charge is -2.11. The average molecular weight is 409 g/mol. The Balaban J connectivity index is 1.93. The van der Waals surface area contributed by atoms with Gasteiger partial charge in [-0.2, -0.15) is 0 Å². The van der Waals surface area contributed by atoms with E-state index in [1.54, 1.807) is 0 Å². The van der Waals surface area contributed by atoms with Crippen LogP contribution in [0.1, 0.15) is 37.4 Å². The Labute approximate surface area is 174 Å². The van der Waals surface area contributed by atoms with Gasteiger partial charge in [0.15, 0.2) is 0 Å². The molecule has 4 aromatic heterocycles. The lowest BCUT2D eigenvalue weighted by atomic mass is 10.1. The van der Waals surface area contributed by atoms with E-state index in [-0.39, 0.29) is 0 Å². The zero-order valence-electron chi connectivity index (χ0n) is 17.6. The number of hydrogen-bond donors (Lipinski definition) is 0. The first-order chi connectivity index (χ1) is 13.3. The third-order valence-corrected chi connectivity index (χ3v) is 7.68. The van der Waals surface area contributed by atoms with Crippen molar-refractivity contribution >= 4 is 64.9 Å². The molecule has 0 atom stereocenters. The first kappa shape index (κ1) is 18.3. The van der Waals surface area contributed by atoms with Gasteiger partial charge >= 0.3 is 0 Å². The van der Waals surface area contributed by atoms with Crippen LogP contribution in [-0.2, 0) is 13.1 Å². The molecule has 0 radical (unpaired) electrons. The molecule has 4 heteroatoms. The zero-order valence-corrected chi connectivity index (χ0v) is 19.2. The minimum atomic E-state index is 0.629. The third-order valence-electron chi connectivity index (χ3n) is 5.53. The van der Waals surface area contributed by atoms with Gasteiger partial charge in [-0.05, 0) is 49.9 Å². The molecule has 0 bridgehead atoms. The standard InChI is InChI=1S/C24H28N2S2/c1-13(2)11-25-19-9-18-20(10-17(19)23-21(25)7-15(5)27-23)26(12-14(3)4)22-8-16(6)28-24(18)22/h7-10,13-14H,11-12H2,1-6H3. The van der Waals surface area contributed by atoms with Crippen LogP contribution in [0.2, 0.25) is 0 Å². The van der Waals surface area contributed by atoms with Crippen molar-refractivity contribution in [1.82, 2.24) is 9.13 Å². The van der Waals surface area contributed by atoms with Gasteiger partial charge in [0.2, 0.25) is 0 Å². The van der Waals surface area contributed by atoms with Crippen molar-refractivity contribution in [1.29, 1.82) is 0 Å². The summed E-state index contributed by atoms with van der Waals surface area (Å²) in [6.07, 6.45) is 0. The van der Waals surface area contributed by atoms with Crippen LogP contribution < -0.4 is 0 Å². The van der Waals surface area contributed by atoms with Gasteiger partial charge in [-0.15, -0.1) is 22.7 Å². The van der Waals surface area contributed by atoms with Crippen LogP contribution in [0.25, 0.3) is 42.2 Å². The number of aromatic nitrogens is 2. The predicted octanol–water partition coefficient (Wildman–Crippen LogP) is 7.95. The van der Waals surface area contributed by atoms with Gasteiger partial charge in [-0.1, -0.05) is 27.7 Å². The summed E-state index contributed by atoms with van der Waals surface area (Å²) in [5.41, 5.74) is 5.62. The van der Waals surface area contributed by atoms with Crippen molar-refractivity contribution in [2.24, 2.45) is 11.8 Å². The summed E-state index contributed by atoms with van der Waals surface area (Å²) < 4.78 is 8.02. The molecule has 0 N–H and O–H groups in total. The summed E-state index contributed by atoms with van der Waals surface area (Å²) in [6, 6.07) is 9.70. The minimum absolute atomic E-state index is 0.629. The van der Waals surface area contributed by atoms with E-state index >= 15 is 0 Å². The molecule has 0 saturated heterocycles. The molecule has 0 fully saturated rings. The van der Waals surface area contributed by atoms with E-state index in [4.69, 9.17) is 0 Å². The summed E-state index contributed by atoms with van der Waals surface area (Å²) in [7, 11) is 0. The number of benzene rings is 1. The van der Waals surface area contributed by atoms with Crippen molar-refractivity contribution in [3.63, 3.8) is 0 Å². The molecule has 0 amide bonds. The zero-order chi connectivity index (χ0) is 19.7. The number of hydrogen-bond acceptors (Lipinski definition) is 2. The van der Waals surface area contributed by atoms with E-state index < -0.39 is 0 Å². The molecule has 0 saturated carbocycles. The Morgan fingerprint density at radius 1 is 0.643 bits per heavy atom. The van der Waals surface area contributed by atoms with Crippen LogP contribution in [0.15, 0.2) is 24.3 Å². The van der Waals surface area contributed by atoms with Crippen LogP contribution in [0, 0.1) is 25.7 Å². The predicted molar refractivity (Wildman–Crippen MR) is 127 cm³/mol. The van der Waals surface area contributed by atoms with E-state index in [0.717, 1.165) is 13.1 Å². The number of fused-ring (bicyclic) bond motifs is 6.